The number of guanidine groups is 1. The summed E-state index contributed by atoms with van der Waals surface area (Å²) >= 11 is 0. The van der Waals surface area contributed by atoms with Crippen LogP contribution in [-0.2, 0) is 16.6 Å². The maximum Gasteiger partial charge on any atom is 0.238 e. The molecule has 0 heterocycles. The van der Waals surface area contributed by atoms with Gasteiger partial charge in [-0.3, -0.25) is 4.99 Å². The quantitative estimate of drug-likeness (QED) is 0.330. The second kappa shape index (κ2) is 10.00. The largest absolute Gasteiger partial charge is 0.352 e. The molecule has 2 rings (SSSR count). The van der Waals surface area contributed by atoms with E-state index in [9.17, 15) is 12.8 Å². The van der Waals surface area contributed by atoms with Crippen molar-refractivity contribution in [2.45, 2.75) is 31.3 Å². The number of nitrogens with zero attached hydrogens (tertiary/aromatic N) is 1. The maximum atomic E-state index is 13.7. The Balaban J connectivity index is 0.00000364. The van der Waals surface area contributed by atoms with Crippen LogP contribution in [0, 0.1) is 12.7 Å². The highest BCUT2D eigenvalue weighted by atomic mass is 127. The molecule has 0 aliphatic carbocycles. The van der Waals surface area contributed by atoms with Crippen LogP contribution in [0.15, 0.2) is 52.4 Å². The zero-order valence-corrected chi connectivity index (χ0v) is 18.5. The molecule has 0 saturated carbocycles. The van der Waals surface area contributed by atoms with E-state index in [1.807, 2.05) is 13.0 Å². The number of nitrogens with one attached hydrogen (secondary N) is 2. The molecule has 1 atom stereocenters. The topological polar surface area (TPSA) is 96.6 Å². The molecule has 0 aromatic heterocycles. The first kappa shape index (κ1) is 23.3. The van der Waals surface area contributed by atoms with Gasteiger partial charge >= 0.3 is 0 Å². The summed E-state index contributed by atoms with van der Waals surface area (Å²) in [5, 5.41) is 11.4. The van der Waals surface area contributed by atoms with Crippen LogP contribution >= 0.6 is 24.0 Å². The van der Waals surface area contributed by atoms with Gasteiger partial charge in [0.05, 0.1) is 10.9 Å². The third kappa shape index (κ3) is 6.74. The SMILES string of the molecule is CN=C(NCc1cccc(S(N)(=O)=O)c1)NC(C)c1ccc(C)c(F)c1.I. The van der Waals surface area contributed by atoms with Crippen molar-refractivity contribution in [3.8, 4) is 0 Å². The Labute approximate surface area is 176 Å². The monoisotopic (exact) mass is 506 g/mol. The molecule has 0 saturated heterocycles. The number of benzene rings is 2. The summed E-state index contributed by atoms with van der Waals surface area (Å²) in [4.78, 5) is 4.20. The highest BCUT2D eigenvalue weighted by molar-refractivity contribution is 14.0. The van der Waals surface area contributed by atoms with E-state index in [1.165, 1.54) is 18.2 Å². The van der Waals surface area contributed by atoms with Crippen molar-refractivity contribution in [1.82, 2.24) is 10.6 Å². The molecule has 0 amide bonds. The summed E-state index contributed by atoms with van der Waals surface area (Å²) in [6, 6.07) is 11.3. The van der Waals surface area contributed by atoms with Crippen LogP contribution in [0.3, 0.4) is 0 Å². The lowest BCUT2D eigenvalue weighted by Gasteiger charge is -2.19. The van der Waals surface area contributed by atoms with Crippen LogP contribution in [0.25, 0.3) is 0 Å². The van der Waals surface area contributed by atoms with Crippen LogP contribution in [0.2, 0.25) is 0 Å². The Morgan fingerprint density at radius 3 is 2.56 bits per heavy atom. The van der Waals surface area contributed by atoms with Crippen LogP contribution in [0.5, 0.6) is 0 Å². The summed E-state index contributed by atoms with van der Waals surface area (Å²) < 4.78 is 36.6. The molecule has 2 aromatic rings. The molecular weight excluding hydrogens is 482 g/mol. The van der Waals surface area contributed by atoms with Gasteiger partial charge in [0.2, 0.25) is 10.0 Å². The minimum atomic E-state index is -3.74. The molecule has 1 unspecified atom stereocenters. The number of primary sulfonamides is 1. The lowest BCUT2D eigenvalue weighted by atomic mass is 10.1. The zero-order chi connectivity index (χ0) is 19.3. The summed E-state index contributed by atoms with van der Waals surface area (Å²) in [7, 11) is -2.12. The van der Waals surface area contributed by atoms with Gasteiger partial charge in [-0.1, -0.05) is 24.3 Å². The van der Waals surface area contributed by atoms with Crippen LogP contribution in [-0.4, -0.2) is 21.4 Å². The molecule has 0 spiro atoms. The van der Waals surface area contributed by atoms with Gasteiger partial charge in [-0.2, -0.15) is 0 Å². The van der Waals surface area contributed by atoms with E-state index in [0.717, 1.165) is 11.1 Å². The molecule has 0 aliphatic heterocycles. The summed E-state index contributed by atoms with van der Waals surface area (Å²) in [6.45, 7) is 3.98. The maximum absolute atomic E-state index is 13.7. The second-order valence-corrected chi connectivity index (χ2v) is 7.55. The van der Waals surface area contributed by atoms with E-state index in [1.54, 1.807) is 32.2 Å². The molecule has 0 radical (unpaired) electrons. The van der Waals surface area contributed by atoms with E-state index in [-0.39, 0.29) is 40.7 Å². The standard InChI is InChI=1S/C18H23FN4O2S.HI/c1-12-7-8-15(10-17(12)19)13(2)23-18(21-3)22-11-14-5-4-6-16(9-14)26(20,24)25;/h4-10,13H,11H2,1-3H3,(H2,20,24,25)(H2,21,22,23);1H. The van der Waals surface area contributed by atoms with E-state index < -0.39 is 10.0 Å². The van der Waals surface area contributed by atoms with Crippen LogP contribution in [0.1, 0.15) is 29.7 Å². The van der Waals surface area contributed by atoms with E-state index in [0.29, 0.717) is 18.1 Å². The van der Waals surface area contributed by atoms with Crippen molar-refractivity contribution in [2.24, 2.45) is 10.1 Å². The first-order valence-corrected chi connectivity index (χ1v) is 9.60. The molecular formula is C18H24FIN4O2S. The van der Waals surface area contributed by atoms with Crippen LogP contribution in [0.4, 0.5) is 4.39 Å². The molecule has 0 fully saturated rings. The Morgan fingerprint density at radius 2 is 1.96 bits per heavy atom. The van der Waals surface area contributed by atoms with Gasteiger partial charge in [0, 0.05) is 13.6 Å². The summed E-state index contributed by atoms with van der Waals surface area (Å²) in [6.07, 6.45) is 0. The van der Waals surface area contributed by atoms with E-state index >= 15 is 0 Å². The molecule has 6 nitrogen and oxygen atoms in total. The highest BCUT2D eigenvalue weighted by Crippen LogP contribution is 2.16. The number of hydrogen-bond acceptors (Lipinski definition) is 3. The number of aliphatic imine (C=N–C) groups is 1. The minimum absolute atomic E-state index is 0. The Kier molecular flexibility index (Phi) is 8.63. The first-order chi connectivity index (χ1) is 12.2. The summed E-state index contributed by atoms with van der Waals surface area (Å²) in [5.74, 6) is 0.262. The fourth-order valence-electron chi connectivity index (χ4n) is 2.38. The number of rotatable bonds is 5. The van der Waals surface area contributed by atoms with Crippen molar-refractivity contribution in [3.05, 3.63) is 65.0 Å². The highest BCUT2D eigenvalue weighted by Gasteiger charge is 2.11. The fraction of sp³-hybridized carbons (Fsp3) is 0.278. The van der Waals surface area contributed by atoms with Gasteiger partial charge in [-0.15, -0.1) is 24.0 Å². The lowest BCUT2D eigenvalue weighted by Crippen LogP contribution is -2.38. The van der Waals surface area contributed by atoms with Gasteiger partial charge in [-0.05, 0) is 48.7 Å². The molecule has 4 N–H and O–H groups in total. The van der Waals surface area contributed by atoms with Gasteiger partial charge < -0.3 is 10.6 Å². The third-order valence-corrected chi connectivity index (χ3v) is 4.87. The van der Waals surface area contributed by atoms with Gasteiger partial charge in [0.15, 0.2) is 5.96 Å². The summed E-state index contributed by atoms with van der Waals surface area (Å²) in [5.41, 5.74) is 2.14. The minimum Gasteiger partial charge on any atom is -0.352 e. The average molecular weight is 506 g/mol. The van der Waals surface area contributed by atoms with E-state index in [2.05, 4.69) is 15.6 Å². The van der Waals surface area contributed by atoms with E-state index in [4.69, 9.17) is 5.14 Å². The predicted octanol–water partition coefficient (Wildman–Crippen LogP) is 2.83. The zero-order valence-electron chi connectivity index (χ0n) is 15.4. The molecule has 27 heavy (non-hydrogen) atoms. The second-order valence-electron chi connectivity index (χ2n) is 5.99. The smallest absolute Gasteiger partial charge is 0.238 e. The predicted molar refractivity (Wildman–Crippen MR) is 116 cm³/mol. The van der Waals surface area contributed by atoms with Gasteiger partial charge in [-0.25, -0.2) is 17.9 Å². The Morgan fingerprint density at radius 1 is 1.26 bits per heavy atom. The lowest BCUT2D eigenvalue weighted by molar-refractivity contribution is 0.597. The molecule has 9 heteroatoms. The van der Waals surface area contributed by atoms with Crippen LogP contribution < -0.4 is 15.8 Å². The Hall–Kier alpha value is -1.72. The fourth-order valence-corrected chi connectivity index (χ4v) is 2.96. The third-order valence-electron chi connectivity index (χ3n) is 3.96. The molecule has 2 aromatic carbocycles. The van der Waals surface area contributed by atoms with Crippen molar-refractivity contribution >= 4 is 40.0 Å². The van der Waals surface area contributed by atoms with Crippen molar-refractivity contribution in [2.75, 3.05) is 7.05 Å². The number of hydrogen-bond donors (Lipinski definition) is 3. The number of nitrogens with two attached hydrogens (primary N) is 1. The van der Waals surface area contributed by atoms with Crippen molar-refractivity contribution < 1.29 is 12.8 Å². The number of halogens is 2. The number of sulfonamides is 1. The Bertz CT molecular complexity index is 919. The molecule has 0 bridgehead atoms. The van der Waals surface area contributed by atoms with Crippen molar-refractivity contribution in [3.63, 3.8) is 0 Å². The molecule has 0 aliphatic rings. The average Bonchev–Trinajstić information content (AvgIpc) is 2.60. The van der Waals surface area contributed by atoms with Gasteiger partial charge in [0.1, 0.15) is 5.82 Å². The number of aryl methyl sites for hydroxylation is 1. The van der Waals surface area contributed by atoms with Gasteiger partial charge in [0.25, 0.3) is 0 Å². The normalized spacial score (nSPS) is 12.9. The van der Waals surface area contributed by atoms with Crippen molar-refractivity contribution in [1.29, 1.82) is 0 Å². The molecule has 148 valence electrons. The first-order valence-electron chi connectivity index (χ1n) is 8.05.